The van der Waals surface area contributed by atoms with Gasteiger partial charge in [-0.05, 0) is 68.3 Å². The zero-order valence-electron chi connectivity index (χ0n) is 19.4. The quantitative estimate of drug-likeness (QED) is 0.444. The van der Waals surface area contributed by atoms with Crippen molar-refractivity contribution in [3.63, 3.8) is 0 Å². The van der Waals surface area contributed by atoms with Crippen molar-refractivity contribution in [2.75, 3.05) is 13.1 Å². The maximum Gasteiger partial charge on any atom is 0.224 e. The number of likely N-dealkylation sites (tertiary alicyclic amines) is 1. The van der Waals surface area contributed by atoms with Gasteiger partial charge in [0, 0.05) is 18.8 Å². The van der Waals surface area contributed by atoms with Crippen molar-refractivity contribution in [1.29, 1.82) is 0 Å². The number of nitrogens with zero attached hydrogens (tertiary/aromatic N) is 3. The molecule has 1 saturated heterocycles. The van der Waals surface area contributed by atoms with Crippen LogP contribution in [0.4, 0.5) is 4.39 Å². The first-order valence-electron chi connectivity index (χ1n) is 11.8. The SMILES string of the molecule is Cc1ccc(CNC(=O)[C@H]2CCCN(Cc3nc4ccccc4n3-c3ccc(F)cc3)C2)cc1. The Bertz CT molecular complexity index is 1280. The Morgan fingerprint density at radius 3 is 2.62 bits per heavy atom. The summed E-state index contributed by atoms with van der Waals surface area (Å²) >= 11 is 0. The van der Waals surface area contributed by atoms with Gasteiger partial charge in [-0.2, -0.15) is 0 Å². The second-order valence-corrected chi connectivity index (χ2v) is 9.11. The average Bonchev–Trinajstić information content (AvgIpc) is 3.22. The van der Waals surface area contributed by atoms with Crippen LogP contribution >= 0.6 is 0 Å². The Morgan fingerprint density at radius 1 is 1.06 bits per heavy atom. The van der Waals surface area contributed by atoms with Crippen molar-refractivity contribution in [1.82, 2.24) is 19.8 Å². The van der Waals surface area contributed by atoms with Crippen molar-refractivity contribution in [2.45, 2.75) is 32.9 Å². The number of para-hydroxylation sites is 2. The molecule has 1 aliphatic heterocycles. The van der Waals surface area contributed by atoms with E-state index in [9.17, 15) is 9.18 Å². The van der Waals surface area contributed by atoms with Gasteiger partial charge < -0.3 is 5.32 Å². The number of hydrogen-bond donors (Lipinski definition) is 1. The number of carbonyl (C=O) groups is 1. The Balaban J connectivity index is 1.31. The van der Waals surface area contributed by atoms with E-state index in [-0.39, 0.29) is 17.6 Å². The first-order valence-corrected chi connectivity index (χ1v) is 11.8. The molecule has 0 saturated carbocycles. The highest BCUT2D eigenvalue weighted by atomic mass is 19.1. The van der Waals surface area contributed by atoms with Gasteiger partial charge in [0.25, 0.3) is 0 Å². The van der Waals surface area contributed by atoms with Crippen LogP contribution < -0.4 is 5.32 Å². The summed E-state index contributed by atoms with van der Waals surface area (Å²) in [5, 5.41) is 3.11. The maximum absolute atomic E-state index is 13.6. The molecular weight excluding hydrogens is 427 g/mol. The van der Waals surface area contributed by atoms with Gasteiger partial charge in [0.15, 0.2) is 0 Å². The predicted octanol–water partition coefficient (Wildman–Crippen LogP) is 5.00. The van der Waals surface area contributed by atoms with Crippen LogP contribution in [0.3, 0.4) is 0 Å². The number of piperidine rings is 1. The molecule has 2 heterocycles. The molecule has 34 heavy (non-hydrogen) atoms. The van der Waals surface area contributed by atoms with Crippen molar-refractivity contribution < 1.29 is 9.18 Å². The molecule has 0 bridgehead atoms. The van der Waals surface area contributed by atoms with Crippen molar-refractivity contribution in [3.8, 4) is 5.69 Å². The highest BCUT2D eigenvalue weighted by molar-refractivity contribution is 5.79. The molecule has 1 amide bonds. The summed E-state index contributed by atoms with van der Waals surface area (Å²) in [6.45, 7) is 4.87. The zero-order valence-corrected chi connectivity index (χ0v) is 19.4. The Morgan fingerprint density at radius 2 is 1.82 bits per heavy atom. The normalized spacial score (nSPS) is 16.6. The second-order valence-electron chi connectivity index (χ2n) is 9.11. The van der Waals surface area contributed by atoms with E-state index < -0.39 is 0 Å². The van der Waals surface area contributed by atoms with E-state index in [0.29, 0.717) is 19.6 Å². The second kappa shape index (κ2) is 9.77. The van der Waals surface area contributed by atoms with Gasteiger partial charge in [0.2, 0.25) is 5.91 Å². The standard InChI is InChI=1S/C28H29FN4O/c1-20-8-10-21(11-9-20)17-30-28(34)22-5-4-16-32(18-22)19-27-31-25-6-2-3-7-26(25)33(27)24-14-12-23(29)13-15-24/h2-3,6-15,22H,4-5,16-19H2,1H3,(H,30,34)/t22-/m0/s1. The average molecular weight is 457 g/mol. The lowest BCUT2D eigenvalue weighted by Crippen LogP contribution is -2.42. The number of aromatic nitrogens is 2. The molecule has 5 rings (SSSR count). The summed E-state index contributed by atoms with van der Waals surface area (Å²) in [6, 6.07) is 22.8. The fraction of sp³-hybridized carbons (Fsp3) is 0.286. The molecule has 5 nitrogen and oxygen atoms in total. The largest absolute Gasteiger partial charge is 0.352 e. The van der Waals surface area contributed by atoms with Crippen LogP contribution in [0.1, 0.15) is 29.8 Å². The molecule has 0 unspecified atom stereocenters. The molecule has 1 atom stereocenters. The van der Waals surface area contributed by atoms with Gasteiger partial charge in [-0.1, -0.05) is 42.0 Å². The van der Waals surface area contributed by atoms with E-state index in [4.69, 9.17) is 4.98 Å². The summed E-state index contributed by atoms with van der Waals surface area (Å²) in [6.07, 6.45) is 1.87. The number of imidazole rings is 1. The van der Waals surface area contributed by atoms with Crippen molar-refractivity contribution in [2.24, 2.45) is 5.92 Å². The number of nitrogens with one attached hydrogen (secondary N) is 1. The molecule has 1 fully saturated rings. The molecule has 4 aromatic rings. The minimum Gasteiger partial charge on any atom is -0.352 e. The lowest BCUT2D eigenvalue weighted by atomic mass is 9.97. The maximum atomic E-state index is 13.6. The smallest absolute Gasteiger partial charge is 0.224 e. The first-order chi connectivity index (χ1) is 16.6. The van der Waals surface area contributed by atoms with Crippen LogP contribution in [0, 0.1) is 18.7 Å². The Hall–Kier alpha value is -3.51. The van der Waals surface area contributed by atoms with Crippen LogP contribution in [0.5, 0.6) is 0 Å². The summed E-state index contributed by atoms with van der Waals surface area (Å²) in [5.74, 6) is 0.707. The van der Waals surface area contributed by atoms with E-state index in [0.717, 1.165) is 47.5 Å². The van der Waals surface area contributed by atoms with E-state index in [2.05, 4.69) is 46.0 Å². The number of halogens is 1. The lowest BCUT2D eigenvalue weighted by Gasteiger charge is -2.31. The minimum absolute atomic E-state index is 0.0390. The van der Waals surface area contributed by atoms with Crippen LogP contribution in [0.15, 0.2) is 72.8 Å². The third kappa shape index (κ3) is 4.87. The molecule has 6 heteroatoms. The molecular formula is C28H29FN4O. The van der Waals surface area contributed by atoms with Crippen LogP contribution in [0.2, 0.25) is 0 Å². The number of hydrogen-bond acceptors (Lipinski definition) is 3. The minimum atomic E-state index is -0.259. The van der Waals surface area contributed by atoms with Gasteiger partial charge in [0.05, 0.1) is 23.5 Å². The number of fused-ring (bicyclic) bond motifs is 1. The summed E-state index contributed by atoms with van der Waals surface area (Å²) in [4.78, 5) is 20.1. The molecule has 0 aliphatic carbocycles. The van der Waals surface area contributed by atoms with E-state index in [1.54, 1.807) is 12.1 Å². The summed E-state index contributed by atoms with van der Waals surface area (Å²) < 4.78 is 15.6. The van der Waals surface area contributed by atoms with Gasteiger partial charge >= 0.3 is 0 Å². The molecule has 0 radical (unpaired) electrons. The molecule has 174 valence electrons. The Kier molecular flexibility index (Phi) is 6.41. The number of benzene rings is 3. The number of rotatable bonds is 6. The number of carbonyl (C=O) groups excluding carboxylic acids is 1. The molecule has 3 aromatic carbocycles. The number of aryl methyl sites for hydroxylation is 1. The zero-order chi connectivity index (χ0) is 23.5. The topological polar surface area (TPSA) is 50.2 Å². The predicted molar refractivity (Wildman–Crippen MR) is 132 cm³/mol. The Labute approximate surface area is 199 Å². The highest BCUT2D eigenvalue weighted by Crippen LogP contribution is 2.25. The molecule has 0 spiro atoms. The van der Waals surface area contributed by atoms with E-state index in [1.807, 2.05) is 24.3 Å². The first kappa shape index (κ1) is 22.3. The van der Waals surface area contributed by atoms with Crippen LogP contribution in [0.25, 0.3) is 16.7 Å². The van der Waals surface area contributed by atoms with E-state index >= 15 is 0 Å². The summed E-state index contributed by atoms with van der Waals surface area (Å²) in [5.41, 5.74) is 5.11. The highest BCUT2D eigenvalue weighted by Gasteiger charge is 2.27. The number of amides is 1. The monoisotopic (exact) mass is 456 g/mol. The summed E-state index contributed by atoms with van der Waals surface area (Å²) in [7, 11) is 0. The van der Waals surface area contributed by atoms with Gasteiger partial charge in [0.1, 0.15) is 11.6 Å². The third-order valence-electron chi connectivity index (χ3n) is 6.54. The van der Waals surface area contributed by atoms with Crippen LogP contribution in [-0.4, -0.2) is 33.4 Å². The van der Waals surface area contributed by atoms with Crippen molar-refractivity contribution >= 4 is 16.9 Å². The molecule has 1 aromatic heterocycles. The molecule has 1 N–H and O–H groups in total. The molecule has 1 aliphatic rings. The van der Waals surface area contributed by atoms with Gasteiger partial charge in [-0.15, -0.1) is 0 Å². The van der Waals surface area contributed by atoms with E-state index in [1.165, 1.54) is 17.7 Å². The lowest BCUT2D eigenvalue weighted by molar-refractivity contribution is -0.127. The van der Waals surface area contributed by atoms with Crippen LogP contribution in [-0.2, 0) is 17.9 Å². The van der Waals surface area contributed by atoms with Gasteiger partial charge in [-0.3, -0.25) is 14.3 Å². The van der Waals surface area contributed by atoms with Crippen molar-refractivity contribution in [3.05, 3.63) is 95.6 Å². The third-order valence-corrected chi connectivity index (χ3v) is 6.54. The fourth-order valence-corrected chi connectivity index (χ4v) is 4.71. The fourth-order valence-electron chi connectivity index (χ4n) is 4.71. The van der Waals surface area contributed by atoms with Gasteiger partial charge in [-0.25, -0.2) is 9.37 Å².